The van der Waals surface area contributed by atoms with Crippen LogP contribution in [0.1, 0.15) is 61.7 Å². The molecule has 4 heterocycles. The molecule has 3 fully saturated rings. The molecule has 3 saturated heterocycles. The third-order valence-electron chi connectivity index (χ3n) is 7.46. The van der Waals surface area contributed by atoms with Crippen LogP contribution in [0.5, 0.6) is 0 Å². The van der Waals surface area contributed by atoms with E-state index in [0.29, 0.717) is 11.5 Å². The summed E-state index contributed by atoms with van der Waals surface area (Å²) >= 11 is 0. The number of likely N-dealkylation sites (tertiary alicyclic amines) is 2. The van der Waals surface area contributed by atoms with Crippen molar-refractivity contribution in [3.8, 4) is 5.69 Å². The maximum atomic E-state index is 12.8. The first-order valence-electron chi connectivity index (χ1n) is 12.7. The second-order valence-corrected chi connectivity index (χ2v) is 9.69. The third-order valence-corrected chi connectivity index (χ3v) is 7.46. The lowest BCUT2D eigenvalue weighted by molar-refractivity contribution is -0.137. The summed E-state index contributed by atoms with van der Waals surface area (Å²) in [7, 11) is 0. The molecule has 0 spiro atoms. The predicted molar refractivity (Wildman–Crippen MR) is 129 cm³/mol. The van der Waals surface area contributed by atoms with Gasteiger partial charge in [0.15, 0.2) is 0 Å². The Morgan fingerprint density at radius 1 is 0.727 bits per heavy atom. The first kappa shape index (κ1) is 22.0. The molecule has 0 unspecified atom stereocenters. The molecule has 1 aromatic heterocycles. The Kier molecular flexibility index (Phi) is 6.65. The Bertz CT molecular complexity index is 949. The van der Waals surface area contributed by atoms with Gasteiger partial charge in [0.2, 0.25) is 5.91 Å². The topological polar surface area (TPSA) is 61.7 Å². The Hall–Kier alpha value is -2.83. The third kappa shape index (κ3) is 4.92. The highest BCUT2D eigenvalue weighted by Gasteiger charge is 2.29. The van der Waals surface area contributed by atoms with E-state index in [1.54, 1.807) is 10.9 Å². The van der Waals surface area contributed by atoms with Gasteiger partial charge in [0, 0.05) is 57.1 Å². The first-order valence-corrected chi connectivity index (χ1v) is 12.7. The van der Waals surface area contributed by atoms with Gasteiger partial charge < -0.3 is 14.7 Å². The predicted octanol–water partition coefficient (Wildman–Crippen LogP) is 3.73. The normalized spacial score (nSPS) is 20.2. The standard InChI is InChI=1S/C26H35N5O2/c32-25(29-13-3-1-4-14-29)21-11-17-28(18-12-21)23-7-9-24(10-8-23)31-20-22(19-27-31)26(33)30-15-5-2-6-16-30/h7-10,19-21H,1-6,11-18H2. The van der Waals surface area contributed by atoms with Crippen LogP contribution in [0.3, 0.4) is 0 Å². The van der Waals surface area contributed by atoms with Crippen LogP contribution in [0.15, 0.2) is 36.7 Å². The van der Waals surface area contributed by atoms with Gasteiger partial charge in [-0.15, -0.1) is 0 Å². The monoisotopic (exact) mass is 449 g/mol. The lowest BCUT2D eigenvalue weighted by Crippen LogP contribution is -2.44. The first-order chi connectivity index (χ1) is 16.2. The molecular weight excluding hydrogens is 414 g/mol. The number of piperidine rings is 3. The van der Waals surface area contributed by atoms with E-state index in [0.717, 1.165) is 83.5 Å². The molecule has 0 radical (unpaired) electrons. The highest BCUT2D eigenvalue weighted by molar-refractivity contribution is 5.93. The van der Waals surface area contributed by atoms with E-state index in [9.17, 15) is 9.59 Å². The van der Waals surface area contributed by atoms with Crippen LogP contribution in [0, 0.1) is 5.92 Å². The van der Waals surface area contributed by atoms with Gasteiger partial charge in [-0.25, -0.2) is 4.68 Å². The van der Waals surface area contributed by atoms with Crippen LogP contribution >= 0.6 is 0 Å². The molecule has 1 aromatic carbocycles. The van der Waals surface area contributed by atoms with Gasteiger partial charge in [-0.2, -0.15) is 5.10 Å². The maximum absolute atomic E-state index is 12.8. The van der Waals surface area contributed by atoms with E-state index < -0.39 is 0 Å². The van der Waals surface area contributed by atoms with E-state index in [-0.39, 0.29) is 11.8 Å². The maximum Gasteiger partial charge on any atom is 0.257 e. The molecule has 0 aliphatic carbocycles. The zero-order chi connectivity index (χ0) is 22.6. The molecule has 2 aromatic rings. The molecule has 0 atom stereocenters. The summed E-state index contributed by atoms with van der Waals surface area (Å²) in [4.78, 5) is 31.9. The minimum absolute atomic E-state index is 0.0829. The van der Waals surface area contributed by atoms with Gasteiger partial charge in [0.1, 0.15) is 0 Å². The van der Waals surface area contributed by atoms with E-state index in [2.05, 4.69) is 39.2 Å². The number of hydrogen-bond acceptors (Lipinski definition) is 4. The van der Waals surface area contributed by atoms with E-state index in [4.69, 9.17) is 0 Å². The zero-order valence-electron chi connectivity index (χ0n) is 19.5. The van der Waals surface area contributed by atoms with Crippen molar-refractivity contribution in [2.24, 2.45) is 5.92 Å². The molecule has 3 aliphatic rings. The second-order valence-electron chi connectivity index (χ2n) is 9.69. The number of nitrogens with zero attached hydrogens (tertiary/aromatic N) is 5. The van der Waals surface area contributed by atoms with Crippen molar-refractivity contribution in [2.75, 3.05) is 44.2 Å². The Morgan fingerprint density at radius 3 is 1.94 bits per heavy atom. The molecule has 0 N–H and O–H groups in total. The number of rotatable bonds is 4. The number of amides is 2. The summed E-state index contributed by atoms with van der Waals surface area (Å²) < 4.78 is 1.78. The quantitative estimate of drug-likeness (QED) is 0.714. The van der Waals surface area contributed by atoms with Crippen molar-refractivity contribution in [3.63, 3.8) is 0 Å². The fourth-order valence-corrected chi connectivity index (χ4v) is 5.43. The van der Waals surface area contributed by atoms with Crippen molar-refractivity contribution >= 4 is 17.5 Å². The van der Waals surface area contributed by atoms with Gasteiger partial charge in [-0.3, -0.25) is 9.59 Å². The van der Waals surface area contributed by atoms with Crippen molar-refractivity contribution in [1.29, 1.82) is 0 Å². The Balaban J connectivity index is 1.17. The number of carbonyl (C=O) groups is 2. The van der Waals surface area contributed by atoms with Crippen molar-refractivity contribution in [2.45, 2.75) is 51.4 Å². The molecule has 0 bridgehead atoms. The molecule has 2 amide bonds. The summed E-state index contributed by atoms with van der Waals surface area (Å²) in [6.45, 7) is 5.41. The Labute approximate surface area is 196 Å². The Morgan fingerprint density at radius 2 is 1.30 bits per heavy atom. The molecule has 5 rings (SSSR count). The van der Waals surface area contributed by atoms with Gasteiger partial charge >= 0.3 is 0 Å². The smallest absolute Gasteiger partial charge is 0.257 e. The van der Waals surface area contributed by atoms with Gasteiger partial charge in [-0.1, -0.05) is 0 Å². The molecule has 7 nitrogen and oxygen atoms in total. The number of anilines is 1. The number of benzene rings is 1. The lowest BCUT2D eigenvalue weighted by Gasteiger charge is -2.36. The fourth-order valence-electron chi connectivity index (χ4n) is 5.43. The number of carbonyl (C=O) groups excluding carboxylic acids is 2. The second kappa shape index (κ2) is 9.98. The summed E-state index contributed by atoms with van der Waals surface area (Å²) in [5.41, 5.74) is 2.78. The number of aromatic nitrogens is 2. The van der Waals surface area contributed by atoms with Crippen LogP contribution in [-0.4, -0.2) is 70.7 Å². The highest BCUT2D eigenvalue weighted by atomic mass is 16.2. The van der Waals surface area contributed by atoms with Crippen LogP contribution < -0.4 is 4.90 Å². The van der Waals surface area contributed by atoms with Gasteiger partial charge in [0.05, 0.1) is 17.4 Å². The van der Waals surface area contributed by atoms with E-state index in [1.807, 2.05) is 11.1 Å². The molecule has 3 aliphatic heterocycles. The van der Waals surface area contributed by atoms with Crippen LogP contribution in [0.2, 0.25) is 0 Å². The SMILES string of the molecule is O=C(c1cnn(-c2ccc(N3CCC(C(=O)N4CCCCC4)CC3)cc2)c1)N1CCCCC1. The van der Waals surface area contributed by atoms with Gasteiger partial charge in [-0.05, 0) is 75.6 Å². The summed E-state index contributed by atoms with van der Waals surface area (Å²) in [6, 6.07) is 8.36. The van der Waals surface area contributed by atoms with Crippen molar-refractivity contribution < 1.29 is 9.59 Å². The minimum atomic E-state index is 0.0829. The molecule has 0 saturated carbocycles. The fraction of sp³-hybridized carbons (Fsp3) is 0.577. The largest absolute Gasteiger partial charge is 0.371 e. The molecule has 7 heteroatoms. The lowest BCUT2D eigenvalue weighted by atomic mass is 9.94. The average Bonchev–Trinajstić information content (AvgIpc) is 3.39. The number of hydrogen-bond donors (Lipinski definition) is 0. The average molecular weight is 450 g/mol. The summed E-state index contributed by atoms with van der Waals surface area (Å²) in [6.07, 6.45) is 12.3. The van der Waals surface area contributed by atoms with Crippen molar-refractivity contribution in [1.82, 2.24) is 19.6 Å². The summed E-state index contributed by atoms with van der Waals surface area (Å²) in [5.74, 6) is 0.636. The highest BCUT2D eigenvalue weighted by Crippen LogP contribution is 2.26. The molecule has 176 valence electrons. The molecule has 33 heavy (non-hydrogen) atoms. The molecular formula is C26H35N5O2. The van der Waals surface area contributed by atoms with Crippen LogP contribution in [-0.2, 0) is 4.79 Å². The zero-order valence-corrected chi connectivity index (χ0v) is 19.5. The van der Waals surface area contributed by atoms with Gasteiger partial charge in [0.25, 0.3) is 5.91 Å². The minimum Gasteiger partial charge on any atom is -0.371 e. The van der Waals surface area contributed by atoms with Crippen molar-refractivity contribution in [3.05, 3.63) is 42.2 Å². The van der Waals surface area contributed by atoms with E-state index >= 15 is 0 Å². The van der Waals surface area contributed by atoms with E-state index in [1.165, 1.54) is 18.5 Å². The summed E-state index contributed by atoms with van der Waals surface area (Å²) in [5, 5.41) is 4.43. The van der Waals surface area contributed by atoms with Crippen LogP contribution in [0.4, 0.5) is 5.69 Å². The van der Waals surface area contributed by atoms with Crippen LogP contribution in [0.25, 0.3) is 5.69 Å².